The molecule has 4 fully saturated rings. The van der Waals surface area contributed by atoms with Crippen LogP contribution in [0.15, 0.2) is 72.3 Å². The average Bonchev–Trinajstić information content (AvgIpc) is 3.65. The van der Waals surface area contributed by atoms with Gasteiger partial charge in [0, 0.05) is 28.7 Å². The van der Waals surface area contributed by atoms with Gasteiger partial charge in [0.15, 0.2) is 29.9 Å². The third kappa shape index (κ3) is 5.87. The Kier molecular flexibility index (Phi) is 9.79. The number of rotatable bonds is 11. The van der Waals surface area contributed by atoms with Gasteiger partial charge in [-0.25, -0.2) is 8.78 Å². The highest BCUT2D eigenvalue weighted by atomic mass is 19.1. The van der Waals surface area contributed by atoms with Crippen LogP contribution < -0.4 is 5.73 Å². The van der Waals surface area contributed by atoms with Gasteiger partial charge in [-0.3, -0.25) is 19.2 Å². The number of carbonyl (C=O) groups excluding carboxylic acids is 3. The molecule has 1 saturated heterocycles. The predicted molar refractivity (Wildman–Crippen MR) is 188 cm³/mol. The standard InChI is InChI=1S/C41H45F2NO10/c1-38-14-13-26(46)16-29(38)30(42)17-28-27-18-34-41(39(27,2)19-32(47)40(28,38)43,33(48)21-52-36(51)31(44)11-12-35(49)50)54-37(53-34)25-9-7-23(8-10-25)15-22-3-5-24(20-45)6-4-22/h3-10,13-14,16,27-28,30-32,34,37,45,47H,11-12,15,17-21,44H2,1-2H3,(H,49,50)/t27-,28-,30-,31-,32-,34+,37+,38-,39-,40-,41+/m0/s1. The van der Waals surface area contributed by atoms with E-state index in [4.69, 9.17) is 25.1 Å². The van der Waals surface area contributed by atoms with Crippen LogP contribution in [0.4, 0.5) is 8.78 Å². The molecule has 0 unspecified atom stereocenters. The molecule has 5 aliphatic rings. The molecule has 1 heterocycles. The second-order valence-electron chi connectivity index (χ2n) is 15.9. The molecule has 4 aliphatic carbocycles. The fraction of sp³-hybridized carbons (Fsp3) is 0.512. The van der Waals surface area contributed by atoms with E-state index in [9.17, 15) is 29.4 Å². The third-order valence-electron chi connectivity index (χ3n) is 13.0. The van der Waals surface area contributed by atoms with E-state index in [-0.39, 0.29) is 44.3 Å². The Bertz CT molecular complexity index is 1900. The maximum Gasteiger partial charge on any atom is 0.323 e. The van der Waals surface area contributed by atoms with E-state index in [2.05, 4.69) is 0 Å². The van der Waals surface area contributed by atoms with Crippen LogP contribution >= 0.6 is 0 Å². The normalized spacial score (nSPS) is 37.0. The van der Waals surface area contributed by atoms with Gasteiger partial charge in [-0.2, -0.15) is 0 Å². The number of nitrogens with two attached hydrogens (primary N) is 1. The molecule has 7 rings (SSSR count). The van der Waals surface area contributed by atoms with Crippen LogP contribution in [0.1, 0.15) is 74.5 Å². The number of esters is 1. The number of aliphatic hydroxyl groups excluding tert-OH is 2. The van der Waals surface area contributed by atoms with Gasteiger partial charge in [-0.1, -0.05) is 61.5 Å². The maximum absolute atomic E-state index is 17.9. The Morgan fingerprint density at radius 3 is 2.31 bits per heavy atom. The van der Waals surface area contributed by atoms with Gasteiger partial charge < -0.3 is 35.3 Å². The van der Waals surface area contributed by atoms with Crippen molar-refractivity contribution in [3.05, 3.63) is 94.6 Å². The fourth-order valence-electron chi connectivity index (χ4n) is 10.1. The summed E-state index contributed by atoms with van der Waals surface area (Å²) in [5.74, 6) is -5.16. The molecule has 54 heavy (non-hydrogen) atoms. The summed E-state index contributed by atoms with van der Waals surface area (Å²) in [7, 11) is 0. The van der Waals surface area contributed by atoms with Crippen LogP contribution in [-0.2, 0) is 46.4 Å². The number of fused-ring (bicyclic) bond motifs is 7. The Morgan fingerprint density at radius 2 is 1.67 bits per heavy atom. The molecule has 1 aliphatic heterocycles. The first-order chi connectivity index (χ1) is 25.6. The molecule has 0 bridgehead atoms. The smallest absolute Gasteiger partial charge is 0.323 e. The van der Waals surface area contributed by atoms with Crippen molar-refractivity contribution in [2.75, 3.05) is 6.61 Å². The monoisotopic (exact) mass is 749 g/mol. The highest BCUT2D eigenvalue weighted by Crippen LogP contribution is 2.72. The fourth-order valence-corrected chi connectivity index (χ4v) is 10.1. The number of halogens is 2. The second kappa shape index (κ2) is 13.9. The van der Waals surface area contributed by atoms with Crippen molar-refractivity contribution in [1.29, 1.82) is 0 Å². The number of ether oxygens (including phenoxy) is 3. The summed E-state index contributed by atoms with van der Waals surface area (Å²) in [6, 6.07) is 13.7. The van der Waals surface area contributed by atoms with Gasteiger partial charge in [0.05, 0.1) is 18.8 Å². The molecular weight excluding hydrogens is 704 g/mol. The van der Waals surface area contributed by atoms with E-state index in [1.165, 1.54) is 19.1 Å². The van der Waals surface area contributed by atoms with Crippen LogP contribution in [0.2, 0.25) is 0 Å². The Morgan fingerprint density at radius 1 is 1.02 bits per heavy atom. The molecule has 0 aromatic heterocycles. The maximum atomic E-state index is 17.9. The number of benzene rings is 2. The van der Waals surface area contributed by atoms with Gasteiger partial charge in [0.1, 0.15) is 12.2 Å². The minimum Gasteiger partial charge on any atom is -0.481 e. The molecule has 5 N–H and O–H groups in total. The summed E-state index contributed by atoms with van der Waals surface area (Å²) in [6.45, 7) is 2.33. The van der Waals surface area contributed by atoms with E-state index in [0.29, 0.717) is 12.0 Å². The largest absolute Gasteiger partial charge is 0.481 e. The average molecular weight is 750 g/mol. The number of carboxylic acid groups (broad SMARTS) is 1. The zero-order chi connectivity index (χ0) is 38.8. The van der Waals surface area contributed by atoms with Gasteiger partial charge in [0.2, 0.25) is 5.78 Å². The van der Waals surface area contributed by atoms with E-state index in [0.717, 1.165) is 22.8 Å². The Balaban J connectivity index is 1.20. The van der Waals surface area contributed by atoms with Crippen LogP contribution in [0.3, 0.4) is 0 Å². The minimum absolute atomic E-state index is 0.0234. The van der Waals surface area contributed by atoms with Crippen molar-refractivity contribution in [1.82, 2.24) is 0 Å². The lowest BCUT2D eigenvalue weighted by molar-refractivity contribution is -0.235. The van der Waals surface area contributed by atoms with Crippen molar-refractivity contribution < 1.29 is 57.5 Å². The summed E-state index contributed by atoms with van der Waals surface area (Å²) in [4.78, 5) is 50.6. The molecule has 2 aromatic carbocycles. The molecule has 11 nitrogen and oxygen atoms in total. The number of hydrogen-bond donors (Lipinski definition) is 4. The number of carbonyl (C=O) groups is 4. The van der Waals surface area contributed by atoms with Crippen molar-refractivity contribution in [2.45, 2.75) is 101 Å². The highest BCUT2D eigenvalue weighted by molar-refractivity contribution is 6.01. The Labute approximate surface area is 311 Å². The highest BCUT2D eigenvalue weighted by Gasteiger charge is 2.80. The first-order valence-corrected chi connectivity index (χ1v) is 18.3. The van der Waals surface area contributed by atoms with E-state index < -0.39 is 94.8 Å². The molecule has 3 saturated carbocycles. The van der Waals surface area contributed by atoms with Crippen molar-refractivity contribution >= 4 is 23.5 Å². The number of Topliss-reactive ketones (excluding diaryl/α,β-unsaturated/α-hetero) is 1. The molecule has 0 radical (unpaired) electrons. The summed E-state index contributed by atoms with van der Waals surface area (Å²) >= 11 is 0. The van der Waals surface area contributed by atoms with Crippen LogP contribution in [0, 0.1) is 22.7 Å². The lowest BCUT2D eigenvalue weighted by Crippen LogP contribution is -2.70. The number of allylic oxidation sites excluding steroid dienone is 4. The van der Waals surface area contributed by atoms with Crippen molar-refractivity contribution in [3.63, 3.8) is 0 Å². The molecule has 0 spiro atoms. The third-order valence-corrected chi connectivity index (χ3v) is 13.0. The molecule has 11 atom stereocenters. The molecule has 2 aromatic rings. The molecule has 288 valence electrons. The van der Waals surface area contributed by atoms with Crippen LogP contribution in [-0.4, -0.2) is 81.1 Å². The topological polar surface area (TPSA) is 183 Å². The van der Waals surface area contributed by atoms with Crippen molar-refractivity contribution in [2.24, 2.45) is 28.4 Å². The van der Waals surface area contributed by atoms with E-state index >= 15 is 8.78 Å². The Hall–Kier alpha value is -4.14. The zero-order valence-corrected chi connectivity index (χ0v) is 30.1. The molecule has 0 amide bonds. The van der Waals surface area contributed by atoms with Crippen LogP contribution in [0.25, 0.3) is 0 Å². The number of ketones is 2. The van der Waals surface area contributed by atoms with Gasteiger partial charge in [-0.05, 0) is 79.4 Å². The predicted octanol–water partition coefficient (Wildman–Crippen LogP) is 4.16. The first-order valence-electron chi connectivity index (χ1n) is 18.3. The van der Waals surface area contributed by atoms with Gasteiger partial charge >= 0.3 is 11.9 Å². The van der Waals surface area contributed by atoms with E-state index in [1.807, 2.05) is 48.5 Å². The number of alkyl halides is 2. The first kappa shape index (κ1) is 38.1. The van der Waals surface area contributed by atoms with Crippen LogP contribution in [0.5, 0.6) is 0 Å². The summed E-state index contributed by atoms with van der Waals surface area (Å²) in [6.07, 6.45) is -2.37. The number of aliphatic carboxylic acids is 1. The second-order valence-corrected chi connectivity index (χ2v) is 15.9. The lowest BCUT2D eigenvalue weighted by Gasteiger charge is -2.63. The quantitative estimate of drug-likeness (QED) is 0.242. The number of carboxylic acids is 1. The summed E-state index contributed by atoms with van der Waals surface area (Å²) in [5.41, 5.74) is 1.99. The minimum atomic E-state index is -2.40. The summed E-state index contributed by atoms with van der Waals surface area (Å²) < 4.78 is 52.5. The van der Waals surface area contributed by atoms with Gasteiger partial charge in [-0.15, -0.1) is 0 Å². The number of aliphatic hydroxyl groups is 2. The summed E-state index contributed by atoms with van der Waals surface area (Å²) in [5, 5.41) is 30.3. The number of hydrogen-bond acceptors (Lipinski definition) is 10. The molecule has 13 heteroatoms. The van der Waals surface area contributed by atoms with Crippen molar-refractivity contribution in [3.8, 4) is 0 Å². The van der Waals surface area contributed by atoms with E-state index in [1.54, 1.807) is 6.92 Å². The SMILES string of the molecule is C[C@]12C=CC(=O)C=C1[C@@H](F)C[C@H]1[C@@H]3C[C@H]4O[C@@H](c5ccc(Cc6ccc(CO)cc6)cc5)O[C@@]4(C(=O)COC(=O)[C@@H](N)CCC(=O)O)[C@@]3(C)C[C@H](O)[C@@]12F. The van der Waals surface area contributed by atoms with Gasteiger partial charge in [0.25, 0.3) is 0 Å². The zero-order valence-electron chi connectivity index (χ0n) is 30.1. The lowest BCUT2D eigenvalue weighted by atomic mass is 9.44. The molecular formula is C41H45F2NO10.